The summed E-state index contributed by atoms with van der Waals surface area (Å²) in [5, 5.41) is 13.1. The average molecular weight is 272 g/mol. The molecule has 1 aromatic heterocycles. The molecular formula is C15H16N2O3. The number of aromatic nitrogens is 1. The van der Waals surface area contributed by atoms with Crippen LogP contribution in [-0.4, -0.2) is 34.2 Å². The molecule has 2 aromatic rings. The van der Waals surface area contributed by atoms with E-state index in [4.69, 9.17) is 4.52 Å². The fraction of sp³-hybridized carbons (Fsp3) is 0.333. The zero-order valence-corrected chi connectivity index (χ0v) is 11.1. The highest BCUT2D eigenvalue weighted by Gasteiger charge is 2.21. The molecule has 3 rings (SSSR count). The highest BCUT2D eigenvalue weighted by molar-refractivity contribution is 5.93. The number of piperidine rings is 1. The third-order valence-corrected chi connectivity index (χ3v) is 3.52. The van der Waals surface area contributed by atoms with Crippen LogP contribution in [0.15, 0.2) is 34.9 Å². The van der Waals surface area contributed by atoms with Crippen LogP contribution >= 0.6 is 0 Å². The molecule has 20 heavy (non-hydrogen) atoms. The molecule has 1 fully saturated rings. The summed E-state index contributed by atoms with van der Waals surface area (Å²) in [6.07, 6.45) is 3.28. The van der Waals surface area contributed by atoms with Crippen LogP contribution in [0.5, 0.6) is 5.75 Å². The molecule has 1 saturated heterocycles. The molecule has 0 saturated carbocycles. The van der Waals surface area contributed by atoms with E-state index in [1.165, 1.54) is 6.42 Å². The van der Waals surface area contributed by atoms with E-state index < -0.39 is 0 Å². The van der Waals surface area contributed by atoms with Crippen molar-refractivity contribution in [3.05, 3.63) is 36.0 Å². The summed E-state index contributed by atoms with van der Waals surface area (Å²) in [4.78, 5) is 14.1. The van der Waals surface area contributed by atoms with Crippen molar-refractivity contribution in [2.45, 2.75) is 19.3 Å². The van der Waals surface area contributed by atoms with Gasteiger partial charge in [-0.2, -0.15) is 0 Å². The summed E-state index contributed by atoms with van der Waals surface area (Å²) < 4.78 is 5.22. The first-order valence-electron chi connectivity index (χ1n) is 6.79. The van der Waals surface area contributed by atoms with Gasteiger partial charge in [0.2, 0.25) is 0 Å². The lowest BCUT2D eigenvalue weighted by molar-refractivity contribution is 0.0714. The van der Waals surface area contributed by atoms with E-state index in [2.05, 4.69) is 5.16 Å². The van der Waals surface area contributed by atoms with Crippen molar-refractivity contribution >= 4 is 5.91 Å². The number of carbonyl (C=O) groups excluding carboxylic acids is 1. The molecule has 0 unspecified atom stereocenters. The van der Waals surface area contributed by atoms with E-state index in [0.717, 1.165) is 31.5 Å². The Kier molecular flexibility index (Phi) is 3.41. The summed E-state index contributed by atoms with van der Waals surface area (Å²) in [5.74, 6) is 0.654. The topological polar surface area (TPSA) is 66.6 Å². The number of carbonyl (C=O) groups is 1. The minimum atomic E-state index is -0.0709. The lowest BCUT2D eigenvalue weighted by Crippen LogP contribution is -2.35. The number of hydrogen-bond acceptors (Lipinski definition) is 4. The standard InChI is InChI=1S/C15H16N2O3/c18-12-6-4-11(5-7-12)14-10-13(16-20-14)15(19)17-8-2-1-3-9-17/h4-7,10,18H,1-3,8-9H2. The minimum absolute atomic E-state index is 0.0709. The van der Waals surface area contributed by atoms with Crippen molar-refractivity contribution in [3.63, 3.8) is 0 Å². The SMILES string of the molecule is O=C(c1cc(-c2ccc(O)cc2)on1)N1CCCCC1. The van der Waals surface area contributed by atoms with E-state index >= 15 is 0 Å². The normalized spacial score (nSPS) is 15.3. The Bertz CT molecular complexity index is 598. The van der Waals surface area contributed by atoms with E-state index in [1.807, 2.05) is 4.90 Å². The van der Waals surface area contributed by atoms with Crippen LogP contribution in [0.1, 0.15) is 29.8 Å². The van der Waals surface area contributed by atoms with Gasteiger partial charge in [0.1, 0.15) is 5.75 Å². The average Bonchev–Trinajstić information content (AvgIpc) is 2.98. The zero-order chi connectivity index (χ0) is 13.9. The minimum Gasteiger partial charge on any atom is -0.508 e. The predicted octanol–water partition coefficient (Wildman–Crippen LogP) is 2.67. The largest absolute Gasteiger partial charge is 0.508 e. The number of phenolic OH excluding ortho intramolecular Hbond substituents is 1. The summed E-state index contributed by atoms with van der Waals surface area (Å²) in [6.45, 7) is 1.58. The van der Waals surface area contributed by atoms with Gasteiger partial charge in [0, 0.05) is 24.7 Å². The maximum atomic E-state index is 12.3. The number of hydrogen-bond donors (Lipinski definition) is 1. The Labute approximate surface area is 116 Å². The van der Waals surface area contributed by atoms with Crippen LogP contribution in [0.4, 0.5) is 0 Å². The van der Waals surface area contributed by atoms with E-state index in [9.17, 15) is 9.90 Å². The monoisotopic (exact) mass is 272 g/mol. The second-order valence-electron chi connectivity index (χ2n) is 4.98. The Hall–Kier alpha value is -2.30. The molecule has 0 bridgehead atoms. The molecule has 1 aliphatic rings. The molecule has 1 aromatic carbocycles. The molecule has 5 nitrogen and oxygen atoms in total. The summed E-state index contributed by atoms with van der Waals surface area (Å²) in [5.41, 5.74) is 1.13. The second-order valence-corrected chi connectivity index (χ2v) is 4.98. The van der Waals surface area contributed by atoms with Crippen molar-refractivity contribution in [3.8, 4) is 17.1 Å². The van der Waals surface area contributed by atoms with Crippen LogP contribution in [0.2, 0.25) is 0 Å². The number of likely N-dealkylation sites (tertiary alicyclic amines) is 1. The summed E-state index contributed by atoms with van der Waals surface area (Å²) in [6, 6.07) is 8.26. The van der Waals surface area contributed by atoms with Gasteiger partial charge in [-0.15, -0.1) is 0 Å². The summed E-state index contributed by atoms with van der Waals surface area (Å²) in [7, 11) is 0. The summed E-state index contributed by atoms with van der Waals surface area (Å²) >= 11 is 0. The van der Waals surface area contributed by atoms with Gasteiger partial charge in [-0.25, -0.2) is 0 Å². The second kappa shape index (κ2) is 5.36. The van der Waals surface area contributed by atoms with Crippen molar-refractivity contribution in [2.75, 3.05) is 13.1 Å². The molecular weight excluding hydrogens is 256 g/mol. The smallest absolute Gasteiger partial charge is 0.276 e. The number of nitrogens with zero attached hydrogens (tertiary/aromatic N) is 2. The first-order valence-corrected chi connectivity index (χ1v) is 6.79. The van der Waals surface area contributed by atoms with Crippen molar-refractivity contribution in [2.24, 2.45) is 0 Å². The molecule has 104 valence electrons. The molecule has 5 heteroatoms. The van der Waals surface area contributed by atoms with Crippen molar-refractivity contribution in [1.82, 2.24) is 10.1 Å². The van der Waals surface area contributed by atoms with Crippen LogP contribution < -0.4 is 0 Å². The zero-order valence-electron chi connectivity index (χ0n) is 11.1. The van der Waals surface area contributed by atoms with E-state index in [1.54, 1.807) is 30.3 Å². The van der Waals surface area contributed by atoms with Crippen LogP contribution in [0.3, 0.4) is 0 Å². The maximum absolute atomic E-state index is 12.3. The Morgan fingerprint density at radius 1 is 1.15 bits per heavy atom. The first-order chi connectivity index (χ1) is 9.74. The van der Waals surface area contributed by atoms with Crippen LogP contribution in [0.25, 0.3) is 11.3 Å². The Morgan fingerprint density at radius 3 is 2.55 bits per heavy atom. The van der Waals surface area contributed by atoms with Crippen molar-refractivity contribution < 1.29 is 14.4 Å². The van der Waals surface area contributed by atoms with E-state index in [0.29, 0.717) is 11.5 Å². The lowest BCUT2D eigenvalue weighted by Gasteiger charge is -2.25. The van der Waals surface area contributed by atoms with Gasteiger partial charge in [-0.1, -0.05) is 5.16 Å². The lowest BCUT2D eigenvalue weighted by atomic mass is 10.1. The van der Waals surface area contributed by atoms with Gasteiger partial charge in [0.05, 0.1) is 0 Å². The molecule has 2 heterocycles. The molecule has 0 radical (unpaired) electrons. The molecule has 0 spiro atoms. The van der Waals surface area contributed by atoms with Gasteiger partial charge in [0.25, 0.3) is 5.91 Å². The Morgan fingerprint density at radius 2 is 1.85 bits per heavy atom. The third kappa shape index (κ3) is 2.52. The molecule has 1 aliphatic heterocycles. The number of phenols is 1. The predicted molar refractivity (Wildman–Crippen MR) is 73.4 cm³/mol. The number of rotatable bonds is 2. The van der Waals surface area contributed by atoms with Gasteiger partial charge in [0.15, 0.2) is 11.5 Å². The highest BCUT2D eigenvalue weighted by atomic mass is 16.5. The molecule has 0 aliphatic carbocycles. The molecule has 0 atom stereocenters. The van der Waals surface area contributed by atoms with Crippen LogP contribution in [-0.2, 0) is 0 Å². The van der Waals surface area contributed by atoms with Gasteiger partial charge < -0.3 is 14.5 Å². The highest BCUT2D eigenvalue weighted by Crippen LogP contribution is 2.23. The molecule has 1 N–H and O–H groups in total. The molecule has 1 amide bonds. The first kappa shape index (κ1) is 12.7. The number of benzene rings is 1. The van der Waals surface area contributed by atoms with Crippen molar-refractivity contribution in [1.29, 1.82) is 0 Å². The maximum Gasteiger partial charge on any atom is 0.276 e. The number of amides is 1. The van der Waals surface area contributed by atoms with E-state index in [-0.39, 0.29) is 11.7 Å². The fourth-order valence-electron chi connectivity index (χ4n) is 2.40. The van der Waals surface area contributed by atoms with Crippen LogP contribution in [0, 0.1) is 0 Å². The van der Waals surface area contributed by atoms with Gasteiger partial charge >= 0.3 is 0 Å². The fourth-order valence-corrected chi connectivity index (χ4v) is 2.40. The quantitative estimate of drug-likeness (QED) is 0.912. The van der Waals surface area contributed by atoms with Gasteiger partial charge in [-0.3, -0.25) is 4.79 Å². The number of aromatic hydroxyl groups is 1. The third-order valence-electron chi connectivity index (χ3n) is 3.52. The van der Waals surface area contributed by atoms with Gasteiger partial charge in [-0.05, 0) is 43.5 Å². The Balaban J connectivity index is 1.79.